The van der Waals surface area contributed by atoms with Crippen molar-refractivity contribution >= 4 is 23.3 Å². The van der Waals surface area contributed by atoms with E-state index in [1.54, 1.807) is 6.92 Å². The van der Waals surface area contributed by atoms with Crippen molar-refractivity contribution in [1.82, 2.24) is 10.6 Å². The average Bonchev–Trinajstić information content (AvgIpc) is 2.81. The van der Waals surface area contributed by atoms with Gasteiger partial charge in [0, 0.05) is 10.6 Å². The number of thiophene rings is 1. The SMILES string of the molecule is C=C1NC(=O)NC(c2cccs2)C1C(=O)OCC. The summed E-state index contributed by atoms with van der Waals surface area (Å²) in [5.41, 5.74) is 0.371. The standard InChI is InChI=1S/C12H14N2O3S/c1-3-17-11(15)9-7(2)13-12(16)14-10(9)8-5-4-6-18-8/h4-6,9-10H,2-3H2,1H3,(H2,13,14,16). The first kappa shape index (κ1) is 12.6. The number of ether oxygens (including phenoxy) is 1. The highest BCUT2D eigenvalue weighted by Crippen LogP contribution is 2.32. The summed E-state index contributed by atoms with van der Waals surface area (Å²) in [6.45, 7) is 5.79. The monoisotopic (exact) mass is 266 g/mol. The highest BCUT2D eigenvalue weighted by molar-refractivity contribution is 7.10. The summed E-state index contributed by atoms with van der Waals surface area (Å²) >= 11 is 1.48. The Bertz CT molecular complexity index is 470. The van der Waals surface area contributed by atoms with Crippen LogP contribution in [0.5, 0.6) is 0 Å². The molecule has 2 atom stereocenters. The molecule has 2 amide bonds. The number of rotatable bonds is 3. The lowest BCUT2D eigenvalue weighted by Crippen LogP contribution is -2.50. The van der Waals surface area contributed by atoms with E-state index < -0.39 is 12.0 Å². The van der Waals surface area contributed by atoms with Crippen LogP contribution in [-0.2, 0) is 9.53 Å². The maximum atomic E-state index is 12.0. The zero-order chi connectivity index (χ0) is 13.1. The van der Waals surface area contributed by atoms with E-state index in [0.717, 1.165) is 4.88 Å². The van der Waals surface area contributed by atoms with Crippen molar-refractivity contribution < 1.29 is 14.3 Å². The van der Waals surface area contributed by atoms with Crippen LogP contribution in [0.2, 0.25) is 0 Å². The number of hydrogen-bond acceptors (Lipinski definition) is 4. The van der Waals surface area contributed by atoms with Crippen molar-refractivity contribution in [2.75, 3.05) is 6.61 Å². The van der Waals surface area contributed by atoms with Crippen LogP contribution in [0.3, 0.4) is 0 Å². The summed E-state index contributed by atoms with van der Waals surface area (Å²) in [6, 6.07) is 2.99. The van der Waals surface area contributed by atoms with Crippen LogP contribution in [0.15, 0.2) is 29.8 Å². The normalized spacial score (nSPS) is 23.2. The van der Waals surface area contributed by atoms with Gasteiger partial charge in [0.05, 0.1) is 12.6 Å². The molecule has 2 N–H and O–H groups in total. The van der Waals surface area contributed by atoms with Gasteiger partial charge >= 0.3 is 12.0 Å². The molecule has 96 valence electrons. The Morgan fingerprint density at radius 1 is 1.61 bits per heavy atom. The minimum Gasteiger partial charge on any atom is -0.465 e. The minimum atomic E-state index is -0.596. The quantitative estimate of drug-likeness (QED) is 0.820. The van der Waals surface area contributed by atoms with E-state index in [0.29, 0.717) is 12.3 Å². The van der Waals surface area contributed by atoms with Gasteiger partial charge in [-0.25, -0.2) is 4.79 Å². The Balaban J connectivity index is 2.29. The second-order valence-electron chi connectivity index (χ2n) is 3.85. The van der Waals surface area contributed by atoms with Gasteiger partial charge in [-0.15, -0.1) is 11.3 Å². The number of hydrogen-bond donors (Lipinski definition) is 2. The molecule has 0 spiro atoms. The van der Waals surface area contributed by atoms with Gasteiger partial charge in [0.15, 0.2) is 0 Å². The minimum absolute atomic E-state index is 0.299. The average molecular weight is 266 g/mol. The Morgan fingerprint density at radius 2 is 2.39 bits per heavy atom. The van der Waals surface area contributed by atoms with E-state index in [2.05, 4.69) is 17.2 Å². The molecule has 2 heterocycles. The van der Waals surface area contributed by atoms with E-state index >= 15 is 0 Å². The van der Waals surface area contributed by atoms with Gasteiger partial charge in [-0.1, -0.05) is 12.6 Å². The Morgan fingerprint density at radius 3 is 3.00 bits per heavy atom. The molecule has 1 aliphatic heterocycles. The summed E-state index contributed by atoms with van der Waals surface area (Å²) in [6.07, 6.45) is 0. The van der Waals surface area contributed by atoms with Gasteiger partial charge in [-0.3, -0.25) is 4.79 Å². The van der Waals surface area contributed by atoms with E-state index in [-0.39, 0.29) is 12.0 Å². The molecular weight excluding hydrogens is 252 g/mol. The Hall–Kier alpha value is -1.82. The first-order valence-electron chi connectivity index (χ1n) is 5.59. The fourth-order valence-electron chi connectivity index (χ4n) is 1.90. The smallest absolute Gasteiger partial charge is 0.319 e. The summed E-state index contributed by atoms with van der Waals surface area (Å²) in [5, 5.41) is 7.15. The molecule has 0 saturated carbocycles. The predicted molar refractivity (Wildman–Crippen MR) is 68.0 cm³/mol. The molecule has 5 nitrogen and oxygen atoms in total. The van der Waals surface area contributed by atoms with E-state index in [4.69, 9.17) is 4.74 Å². The lowest BCUT2D eigenvalue weighted by Gasteiger charge is -2.32. The maximum Gasteiger partial charge on any atom is 0.319 e. The van der Waals surface area contributed by atoms with Crippen molar-refractivity contribution in [3.63, 3.8) is 0 Å². The lowest BCUT2D eigenvalue weighted by atomic mass is 9.93. The summed E-state index contributed by atoms with van der Waals surface area (Å²) in [7, 11) is 0. The van der Waals surface area contributed by atoms with Gasteiger partial charge in [0.1, 0.15) is 5.92 Å². The Kier molecular flexibility index (Phi) is 3.66. The van der Waals surface area contributed by atoms with Crippen LogP contribution in [0.25, 0.3) is 0 Å². The van der Waals surface area contributed by atoms with Crippen LogP contribution in [-0.4, -0.2) is 18.6 Å². The lowest BCUT2D eigenvalue weighted by molar-refractivity contribution is -0.147. The Labute approximate surface area is 109 Å². The van der Waals surface area contributed by atoms with Crippen molar-refractivity contribution in [3.05, 3.63) is 34.7 Å². The van der Waals surface area contributed by atoms with Gasteiger partial charge < -0.3 is 15.4 Å². The van der Waals surface area contributed by atoms with Gasteiger partial charge in [0.2, 0.25) is 0 Å². The zero-order valence-corrected chi connectivity index (χ0v) is 10.8. The highest BCUT2D eigenvalue weighted by atomic mass is 32.1. The molecule has 18 heavy (non-hydrogen) atoms. The van der Waals surface area contributed by atoms with E-state index in [9.17, 15) is 9.59 Å². The number of carbonyl (C=O) groups excluding carboxylic acids is 2. The molecule has 6 heteroatoms. The molecule has 2 unspecified atom stereocenters. The van der Waals surface area contributed by atoms with Crippen LogP contribution < -0.4 is 10.6 Å². The topological polar surface area (TPSA) is 67.4 Å². The number of urea groups is 1. The molecule has 2 rings (SSSR count). The largest absolute Gasteiger partial charge is 0.465 e. The van der Waals surface area contributed by atoms with E-state index in [1.165, 1.54) is 11.3 Å². The molecule has 1 aromatic rings. The fourth-order valence-corrected chi connectivity index (χ4v) is 2.71. The molecule has 0 aromatic carbocycles. The van der Waals surface area contributed by atoms with Crippen LogP contribution in [0, 0.1) is 5.92 Å². The first-order valence-corrected chi connectivity index (χ1v) is 6.47. The molecule has 1 fully saturated rings. The van der Waals surface area contributed by atoms with Crippen LogP contribution in [0.4, 0.5) is 4.79 Å². The summed E-state index contributed by atoms with van der Waals surface area (Å²) < 4.78 is 5.03. The number of carbonyl (C=O) groups is 2. The zero-order valence-electron chi connectivity index (χ0n) is 9.93. The molecular formula is C12H14N2O3S. The second-order valence-corrected chi connectivity index (χ2v) is 4.83. The van der Waals surface area contributed by atoms with E-state index in [1.807, 2.05) is 17.5 Å². The molecule has 1 aromatic heterocycles. The fraction of sp³-hybridized carbons (Fsp3) is 0.333. The molecule has 1 aliphatic rings. The summed E-state index contributed by atoms with van der Waals surface area (Å²) in [5.74, 6) is -0.977. The molecule has 0 radical (unpaired) electrons. The van der Waals surface area contributed by atoms with Crippen molar-refractivity contribution in [1.29, 1.82) is 0 Å². The summed E-state index contributed by atoms with van der Waals surface area (Å²) in [4.78, 5) is 24.3. The number of amides is 2. The first-order chi connectivity index (χ1) is 8.63. The third-order valence-electron chi connectivity index (χ3n) is 2.66. The third kappa shape index (κ3) is 2.38. The van der Waals surface area contributed by atoms with Gasteiger partial charge in [-0.2, -0.15) is 0 Å². The second kappa shape index (κ2) is 5.22. The molecule has 1 saturated heterocycles. The maximum absolute atomic E-state index is 12.0. The third-order valence-corrected chi connectivity index (χ3v) is 3.62. The number of nitrogens with one attached hydrogen (secondary N) is 2. The predicted octanol–water partition coefficient (Wildman–Crippen LogP) is 1.80. The molecule has 0 aliphatic carbocycles. The van der Waals surface area contributed by atoms with Gasteiger partial charge in [0.25, 0.3) is 0 Å². The highest BCUT2D eigenvalue weighted by Gasteiger charge is 2.39. The van der Waals surface area contributed by atoms with Crippen LogP contribution >= 0.6 is 11.3 Å². The van der Waals surface area contributed by atoms with Crippen molar-refractivity contribution in [2.24, 2.45) is 5.92 Å². The van der Waals surface area contributed by atoms with Crippen LogP contribution in [0.1, 0.15) is 17.8 Å². The van der Waals surface area contributed by atoms with Crippen molar-refractivity contribution in [2.45, 2.75) is 13.0 Å². The van der Waals surface area contributed by atoms with Crippen molar-refractivity contribution in [3.8, 4) is 0 Å². The molecule has 0 bridgehead atoms. The number of esters is 1. The van der Waals surface area contributed by atoms with Gasteiger partial charge in [-0.05, 0) is 18.4 Å².